The summed E-state index contributed by atoms with van der Waals surface area (Å²) >= 11 is 0. The van der Waals surface area contributed by atoms with Crippen LogP contribution in [0.15, 0.2) is 4.42 Å². The average molecular weight is 281 g/mol. The number of aromatic nitrogens is 5. The number of ether oxygens (including phenoxy) is 1. The fourth-order valence-electron chi connectivity index (χ4n) is 1.70. The van der Waals surface area contributed by atoms with Crippen LogP contribution in [0, 0.1) is 0 Å². The van der Waals surface area contributed by atoms with Gasteiger partial charge in [-0.15, -0.1) is 15.3 Å². The summed E-state index contributed by atoms with van der Waals surface area (Å²) in [6, 6.07) is 0. The Morgan fingerprint density at radius 2 is 2.10 bits per heavy atom. The predicted molar refractivity (Wildman–Crippen MR) is 65.3 cm³/mol. The van der Waals surface area contributed by atoms with Gasteiger partial charge < -0.3 is 14.3 Å². The van der Waals surface area contributed by atoms with Crippen LogP contribution in [0.25, 0.3) is 0 Å². The first kappa shape index (κ1) is 14.1. The molecular weight excluding hydrogens is 266 g/mol. The Kier molecular flexibility index (Phi) is 4.41. The van der Waals surface area contributed by atoms with Gasteiger partial charge in [-0.2, -0.15) is 0 Å². The molecule has 0 atom stereocenters. The van der Waals surface area contributed by atoms with Gasteiger partial charge in [0.2, 0.25) is 11.8 Å². The summed E-state index contributed by atoms with van der Waals surface area (Å²) in [5, 5.41) is 24.3. The third-order valence-corrected chi connectivity index (χ3v) is 2.68. The molecule has 0 aliphatic heterocycles. The molecule has 0 bridgehead atoms. The molecule has 2 aromatic heterocycles. The highest BCUT2D eigenvalue weighted by Gasteiger charge is 2.20. The zero-order valence-electron chi connectivity index (χ0n) is 11.2. The van der Waals surface area contributed by atoms with Gasteiger partial charge in [-0.3, -0.25) is 0 Å². The number of methoxy groups -OCH3 is 1. The molecule has 0 unspecified atom stereocenters. The second-order valence-corrected chi connectivity index (χ2v) is 4.03. The summed E-state index contributed by atoms with van der Waals surface area (Å²) in [5.41, 5.74) is 0.382. The number of hydrogen-bond donors (Lipinski definition) is 1. The lowest BCUT2D eigenvalue weighted by molar-refractivity contribution is 0.0688. The number of aryl methyl sites for hydroxylation is 1. The Labute approximate surface area is 114 Å². The predicted octanol–water partition coefficient (Wildman–Crippen LogP) is 0.159. The van der Waals surface area contributed by atoms with Crippen molar-refractivity contribution in [2.24, 2.45) is 0 Å². The maximum Gasteiger partial charge on any atom is 0.358 e. The fourth-order valence-corrected chi connectivity index (χ4v) is 1.70. The maximum atomic E-state index is 11.1. The second kappa shape index (κ2) is 6.24. The molecule has 9 heteroatoms. The number of rotatable bonds is 7. The molecule has 0 fully saturated rings. The Balaban J connectivity index is 2.23. The first-order valence-electron chi connectivity index (χ1n) is 6.11. The molecule has 1 N–H and O–H groups in total. The van der Waals surface area contributed by atoms with Crippen LogP contribution in [-0.4, -0.2) is 50.0 Å². The largest absolute Gasteiger partial charge is 0.476 e. The lowest BCUT2D eigenvalue weighted by Gasteiger charge is -2.04. The van der Waals surface area contributed by atoms with Crippen molar-refractivity contribution < 1.29 is 19.1 Å². The fraction of sp³-hybridized carbons (Fsp3) is 0.545. The van der Waals surface area contributed by atoms with Crippen LogP contribution in [0.2, 0.25) is 0 Å². The molecular formula is C11H15N5O4. The standard InChI is InChI=1S/C11H15N5O4/c1-3-8-12-13-9(20-8)6-16-7(4-5-19-2)10(11(17)18)14-15-16/h3-6H2,1-2H3,(H,17,18). The van der Waals surface area contributed by atoms with Crippen molar-refractivity contribution in [3.8, 4) is 0 Å². The molecule has 0 saturated carbocycles. The van der Waals surface area contributed by atoms with E-state index in [2.05, 4.69) is 20.5 Å². The summed E-state index contributed by atoms with van der Waals surface area (Å²) in [6.07, 6.45) is 1.03. The minimum atomic E-state index is -1.12. The number of hydrogen-bond acceptors (Lipinski definition) is 7. The van der Waals surface area contributed by atoms with E-state index in [1.165, 1.54) is 4.68 Å². The van der Waals surface area contributed by atoms with Crippen molar-refractivity contribution in [3.63, 3.8) is 0 Å². The van der Waals surface area contributed by atoms with E-state index in [-0.39, 0.29) is 12.2 Å². The summed E-state index contributed by atoms with van der Waals surface area (Å²) in [5.74, 6) is -0.235. The van der Waals surface area contributed by atoms with E-state index in [4.69, 9.17) is 14.3 Å². The molecule has 2 aromatic rings. The molecule has 2 heterocycles. The minimum Gasteiger partial charge on any atom is -0.476 e. The van der Waals surface area contributed by atoms with E-state index >= 15 is 0 Å². The van der Waals surface area contributed by atoms with Crippen molar-refractivity contribution in [1.29, 1.82) is 0 Å². The number of carboxylic acids is 1. The van der Waals surface area contributed by atoms with Gasteiger partial charge >= 0.3 is 5.97 Å². The van der Waals surface area contributed by atoms with Crippen molar-refractivity contribution in [1.82, 2.24) is 25.2 Å². The molecule has 0 amide bonds. The summed E-state index contributed by atoms with van der Waals surface area (Å²) < 4.78 is 11.8. The second-order valence-electron chi connectivity index (χ2n) is 4.03. The van der Waals surface area contributed by atoms with Gasteiger partial charge in [-0.1, -0.05) is 12.1 Å². The number of carbonyl (C=O) groups is 1. The van der Waals surface area contributed by atoms with Gasteiger partial charge in [0.25, 0.3) is 0 Å². The molecule has 20 heavy (non-hydrogen) atoms. The highest BCUT2D eigenvalue weighted by molar-refractivity contribution is 5.86. The van der Waals surface area contributed by atoms with Crippen LogP contribution in [0.5, 0.6) is 0 Å². The lowest BCUT2D eigenvalue weighted by Crippen LogP contribution is -2.12. The van der Waals surface area contributed by atoms with Crippen molar-refractivity contribution in [3.05, 3.63) is 23.2 Å². The molecule has 9 nitrogen and oxygen atoms in total. The molecule has 0 saturated heterocycles. The maximum absolute atomic E-state index is 11.1. The van der Waals surface area contributed by atoms with E-state index in [1.54, 1.807) is 7.11 Å². The van der Waals surface area contributed by atoms with E-state index in [0.717, 1.165) is 0 Å². The normalized spacial score (nSPS) is 10.9. The van der Waals surface area contributed by atoms with Gasteiger partial charge in [0, 0.05) is 20.0 Å². The number of nitrogens with zero attached hydrogens (tertiary/aromatic N) is 5. The Morgan fingerprint density at radius 3 is 2.70 bits per heavy atom. The summed E-state index contributed by atoms with van der Waals surface area (Å²) in [7, 11) is 1.54. The topological polar surface area (TPSA) is 116 Å². The number of carboxylic acid groups (broad SMARTS) is 1. The molecule has 0 aliphatic rings. The van der Waals surface area contributed by atoms with Crippen molar-refractivity contribution in [2.75, 3.05) is 13.7 Å². The zero-order chi connectivity index (χ0) is 14.5. The molecule has 0 spiro atoms. The molecule has 108 valence electrons. The van der Waals surface area contributed by atoms with Crippen LogP contribution < -0.4 is 0 Å². The highest BCUT2D eigenvalue weighted by atomic mass is 16.5. The van der Waals surface area contributed by atoms with Crippen LogP contribution >= 0.6 is 0 Å². The van der Waals surface area contributed by atoms with Crippen LogP contribution in [0.3, 0.4) is 0 Å². The van der Waals surface area contributed by atoms with Crippen molar-refractivity contribution >= 4 is 5.97 Å². The van der Waals surface area contributed by atoms with Crippen LogP contribution in [0.4, 0.5) is 0 Å². The highest BCUT2D eigenvalue weighted by Crippen LogP contribution is 2.10. The van der Waals surface area contributed by atoms with Gasteiger partial charge in [0.15, 0.2) is 5.69 Å². The molecule has 2 rings (SSSR count). The first-order valence-corrected chi connectivity index (χ1v) is 6.11. The van der Waals surface area contributed by atoms with Gasteiger partial charge in [-0.25, -0.2) is 9.48 Å². The van der Waals surface area contributed by atoms with Gasteiger partial charge in [-0.05, 0) is 0 Å². The monoisotopic (exact) mass is 281 g/mol. The minimum absolute atomic E-state index is 0.0859. The van der Waals surface area contributed by atoms with E-state index in [0.29, 0.717) is 36.9 Å². The molecule has 0 aromatic carbocycles. The van der Waals surface area contributed by atoms with E-state index in [9.17, 15) is 4.79 Å². The van der Waals surface area contributed by atoms with E-state index in [1.807, 2.05) is 6.92 Å². The van der Waals surface area contributed by atoms with Crippen LogP contribution in [-0.2, 0) is 24.1 Å². The third-order valence-electron chi connectivity index (χ3n) is 2.68. The SMILES string of the molecule is CCc1nnc(Cn2nnc(C(=O)O)c2CCOC)o1. The average Bonchev–Trinajstić information content (AvgIpc) is 3.03. The summed E-state index contributed by atoms with van der Waals surface area (Å²) in [6.45, 7) is 2.46. The smallest absolute Gasteiger partial charge is 0.358 e. The Morgan fingerprint density at radius 1 is 1.35 bits per heavy atom. The lowest BCUT2D eigenvalue weighted by atomic mass is 10.2. The van der Waals surface area contributed by atoms with Crippen LogP contribution in [0.1, 0.15) is 34.9 Å². The molecule has 0 radical (unpaired) electrons. The van der Waals surface area contributed by atoms with Gasteiger partial charge in [0.05, 0.1) is 12.3 Å². The first-order chi connectivity index (χ1) is 9.65. The molecule has 0 aliphatic carbocycles. The van der Waals surface area contributed by atoms with Crippen molar-refractivity contribution in [2.45, 2.75) is 26.3 Å². The Bertz CT molecular complexity index is 591. The summed E-state index contributed by atoms with van der Waals surface area (Å²) in [4.78, 5) is 11.1. The quantitative estimate of drug-likeness (QED) is 0.762. The number of aromatic carboxylic acids is 1. The Hall–Kier alpha value is -2.29. The third kappa shape index (κ3) is 2.99. The van der Waals surface area contributed by atoms with Gasteiger partial charge in [0.1, 0.15) is 6.54 Å². The van der Waals surface area contributed by atoms with E-state index < -0.39 is 5.97 Å². The zero-order valence-corrected chi connectivity index (χ0v) is 11.2.